The smallest absolute Gasteiger partial charge is 0.311 e. The molecule has 2 aliphatic rings. The Balaban J connectivity index is 1.25. The third kappa shape index (κ3) is 3.80. The molecular weight excluding hydrogens is 390 g/mol. The molecule has 0 radical (unpaired) electrons. The van der Waals surface area contributed by atoms with Crippen LogP contribution in [0.2, 0.25) is 0 Å². The topological polar surface area (TPSA) is 110 Å². The maximum Gasteiger partial charge on any atom is 0.311 e. The fraction of sp³-hybridized carbons (Fsp3) is 0.650. The average Bonchev–Trinajstić information content (AvgIpc) is 3.44. The first-order valence-corrected chi connectivity index (χ1v) is 11.1. The highest BCUT2D eigenvalue weighted by Gasteiger charge is 2.58. The first-order chi connectivity index (χ1) is 13.9. The van der Waals surface area contributed by atoms with Crippen LogP contribution in [0.1, 0.15) is 70.6 Å². The van der Waals surface area contributed by atoms with Gasteiger partial charge in [0.05, 0.1) is 27.9 Å². The van der Waals surface area contributed by atoms with Crippen LogP contribution in [0.15, 0.2) is 6.20 Å². The van der Waals surface area contributed by atoms with E-state index < -0.39 is 11.4 Å². The summed E-state index contributed by atoms with van der Waals surface area (Å²) in [5, 5.41) is 22.1. The van der Waals surface area contributed by atoms with Crippen LogP contribution in [0.25, 0.3) is 0 Å². The van der Waals surface area contributed by atoms with Crippen LogP contribution < -0.4 is 5.32 Å². The van der Waals surface area contributed by atoms with Gasteiger partial charge in [-0.15, -0.1) is 16.4 Å². The van der Waals surface area contributed by atoms with Crippen molar-refractivity contribution in [2.75, 3.05) is 6.54 Å². The third-order valence-corrected chi connectivity index (χ3v) is 7.48. The van der Waals surface area contributed by atoms with E-state index in [1.807, 2.05) is 20.0 Å². The number of carboxylic acid groups (broad SMARTS) is 1. The molecule has 2 heterocycles. The summed E-state index contributed by atoms with van der Waals surface area (Å²) >= 11 is 1.42. The molecule has 2 aromatic rings. The van der Waals surface area contributed by atoms with E-state index in [0.717, 1.165) is 61.3 Å². The number of nitrogens with zero attached hydrogens (tertiary/aromatic N) is 4. The second-order valence-corrected chi connectivity index (χ2v) is 9.58. The van der Waals surface area contributed by atoms with Gasteiger partial charge >= 0.3 is 5.97 Å². The molecule has 2 aliphatic carbocycles. The summed E-state index contributed by atoms with van der Waals surface area (Å²) in [6.07, 6.45) is 7.82. The number of nitrogens with one attached hydrogen (secondary N) is 1. The van der Waals surface area contributed by atoms with Crippen molar-refractivity contribution in [3.63, 3.8) is 0 Å². The van der Waals surface area contributed by atoms with Gasteiger partial charge < -0.3 is 10.4 Å². The highest BCUT2D eigenvalue weighted by molar-refractivity contribution is 7.13. The first-order valence-electron chi connectivity index (χ1n) is 10.3. The van der Waals surface area contributed by atoms with E-state index in [2.05, 4.69) is 20.6 Å². The van der Waals surface area contributed by atoms with Crippen LogP contribution in [-0.2, 0) is 11.2 Å². The van der Waals surface area contributed by atoms with Crippen molar-refractivity contribution in [2.24, 2.45) is 11.3 Å². The number of fused-ring (bicyclic) bond motifs is 2. The molecule has 0 saturated heterocycles. The van der Waals surface area contributed by atoms with E-state index in [0.29, 0.717) is 17.3 Å². The van der Waals surface area contributed by atoms with Crippen molar-refractivity contribution in [1.29, 1.82) is 0 Å². The Morgan fingerprint density at radius 3 is 2.90 bits per heavy atom. The van der Waals surface area contributed by atoms with Crippen molar-refractivity contribution < 1.29 is 14.7 Å². The number of carbonyl (C=O) groups is 2. The maximum atomic E-state index is 12.2. The highest BCUT2D eigenvalue weighted by Crippen LogP contribution is 2.59. The van der Waals surface area contributed by atoms with Gasteiger partial charge in [-0.3, -0.25) is 9.59 Å². The summed E-state index contributed by atoms with van der Waals surface area (Å²) in [6.45, 7) is 4.36. The zero-order chi connectivity index (χ0) is 20.6. The standard InChI is InChI=1S/C20H27N5O3S/c1-12-17(29-13(2)22-12)18(26)21-8-4-3-5-15-11-25(24-23-15)16-9-14-6-7-20(16,10-14)19(27)28/h11,14,16H,3-10H2,1-2H3,(H,21,26)(H,27,28). The number of carboxylic acids is 1. The lowest BCUT2D eigenvalue weighted by atomic mass is 9.80. The highest BCUT2D eigenvalue weighted by atomic mass is 32.1. The number of hydrogen-bond acceptors (Lipinski definition) is 6. The Labute approximate surface area is 173 Å². The molecule has 0 aromatic carbocycles. The fourth-order valence-electron chi connectivity index (χ4n) is 4.96. The normalized spacial score (nSPS) is 25.4. The molecule has 8 nitrogen and oxygen atoms in total. The minimum Gasteiger partial charge on any atom is -0.481 e. The van der Waals surface area contributed by atoms with Crippen LogP contribution >= 0.6 is 11.3 Å². The Bertz CT molecular complexity index is 923. The van der Waals surface area contributed by atoms with Crippen LogP contribution in [0.4, 0.5) is 0 Å². The number of hydrogen-bond donors (Lipinski definition) is 2. The maximum absolute atomic E-state index is 12.2. The van der Waals surface area contributed by atoms with Crippen molar-refractivity contribution >= 4 is 23.2 Å². The Morgan fingerprint density at radius 2 is 2.21 bits per heavy atom. The van der Waals surface area contributed by atoms with Crippen molar-refractivity contribution in [3.05, 3.63) is 27.5 Å². The van der Waals surface area contributed by atoms with Crippen LogP contribution in [0.3, 0.4) is 0 Å². The molecule has 2 fully saturated rings. The zero-order valence-corrected chi connectivity index (χ0v) is 17.7. The van der Waals surface area contributed by atoms with Gasteiger partial charge in [0, 0.05) is 12.7 Å². The Hall–Kier alpha value is -2.29. The summed E-state index contributed by atoms with van der Waals surface area (Å²) < 4.78 is 1.79. The van der Waals surface area contributed by atoms with Crippen LogP contribution in [0.5, 0.6) is 0 Å². The number of aliphatic carboxylic acids is 1. The molecule has 2 saturated carbocycles. The van der Waals surface area contributed by atoms with E-state index in [1.54, 1.807) is 4.68 Å². The van der Waals surface area contributed by atoms with E-state index in [9.17, 15) is 14.7 Å². The molecule has 0 aliphatic heterocycles. The van der Waals surface area contributed by atoms with Gasteiger partial charge in [-0.1, -0.05) is 5.21 Å². The Kier molecular flexibility index (Phi) is 5.42. The number of rotatable bonds is 8. The summed E-state index contributed by atoms with van der Waals surface area (Å²) in [6, 6.07) is -0.0783. The molecule has 1 amide bonds. The summed E-state index contributed by atoms with van der Waals surface area (Å²) in [5.41, 5.74) is 1.00. The SMILES string of the molecule is Cc1nc(C)c(C(=O)NCCCCc2cn(C3CC4CCC3(C(=O)O)C4)nn2)s1. The average molecular weight is 418 g/mol. The number of aryl methyl sites for hydroxylation is 3. The number of unbranched alkanes of at least 4 members (excludes halogenated alkanes) is 1. The van der Waals surface area contributed by atoms with Crippen LogP contribution in [-0.4, -0.2) is 43.5 Å². The summed E-state index contributed by atoms with van der Waals surface area (Å²) in [7, 11) is 0. The van der Waals surface area contributed by atoms with Crippen molar-refractivity contribution in [3.8, 4) is 0 Å². The van der Waals surface area contributed by atoms with E-state index in [1.165, 1.54) is 11.3 Å². The minimum absolute atomic E-state index is 0.0608. The predicted octanol–water partition coefficient (Wildman–Crippen LogP) is 2.92. The number of thiazole rings is 1. The Morgan fingerprint density at radius 1 is 1.38 bits per heavy atom. The number of amides is 1. The van der Waals surface area contributed by atoms with E-state index >= 15 is 0 Å². The molecule has 4 rings (SSSR count). The first kappa shape index (κ1) is 20.0. The van der Waals surface area contributed by atoms with Crippen molar-refractivity contribution in [1.82, 2.24) is 25.3 Å². The number of aromatic nitrogens is 4. The second-order valence-electron chi connectivity index (χ2n) is 8.37. The van der Waals surface area contributed by atoms with Gasteiger partial charge in [-0.05, 0) is 64.7 Å². The second kappa shape index (κ2) is 7.85. The molecule has 2 aromatic heterocycles. The molecule has 2 bridgehead atoms. The van der Waals surface area contributed by atoms with Crippen molar-refractivity contribution in [2.45, 2.75) is 64.8 Å². The molecule has 3 unspecified atom stereocenters. The van der Waals surface area contributed by atoms with Gasteiger partial charge in [0.25, 0.3) is 5.91 Å². The van der Waals surface area contributed by atoms with Gasteiger partial charge in [-0.2, -0.15) is 0 Å². The molecule has 156 valence electrons. The minimum atomic E-state index is -0.693. The lowest BCUT2D eigenvalue weighted by Gasteiger charge is -2.30. The largest absolute Gasteiger partial charge is 0.481 e. The lowest BCUT2D eigenvalue weighted by molar-refractivity contribution is -0.151. The molecule has 9 heteroatoms. The quantitative estimate of drug-likeness (QED) is 0.639. The summed E-state index contributed by atoms with van der Waals surface area (Å²) in [5.74, 6) is -0.255. The monoisotopic (exact) mass is 417 g/mol. The van der Waals surface area contributed by atoms with Gasteiger partial charge in [0.1, 0.15) is 4.88 Å². The van der Waals surface area contributed by atoms with Gasteiger partial charge in [0.2, 0.25) is 0 Å². The summed E-state index contributed by atoms with van der Waals surface area (Å²) in [4.78, 5) is 29.1. The molecule has 3 atom stereocenters. The predicted molar refractivity (Wildman–Crippen MR) is 108 cm³/mol. The van der Waals surface area contributed by atoms with E-state index in [-0.39, 0.29) is 11.9 Å². The van der Waals surface area contributed by atoms with Gasteiger partial charge in [0.15, 0.2) is 0 Å². The molecule has 29 heavy (non-hydrogen) atoms. The molecular formula is C20H27N5O3S. The molecule has 2 N–H and O–H groups in total. The zero-order valence-electron chi connectivity index (χ0n) is 16.8. The lowest BCUT2D eigenvalue weighted by Crippen LogP contribution is -2.36. The van der Waals surface area contributed by atoms with Gasteiger partial charge in [-0.25, -0.2) is 9.67 Å². The number of carbonyl (C=O) groups excluding carboxylic acids is 1. The fourth-order valence-corrected chi connectivity index (χ4v) is 5.80. The third-order valence-electron chi connectivity index (χ3n) is 6.40. The molecule has 0 spiro atoms. The van der Waals surface area contributed by atoms with Crippen LogP contribution in [0, 0.1) is 25.2 Å². The van der Waals surface area contributed by atoms with E-state index in [4.69, 9.17) is 0 Å².